The number of hydrogen-bond donors (Lipinski definition) is 0. The summed E-state index contributed by atoms with van der Waals surface area (Å²) in [5.74, 6) is -0.403. The maximum atomic E-state index is 10.6. The van der Waals surface area contributed by atoms with Gasteiger partial charge in [0.15, 0.2) is 6.26 Å². The van der Waals surface area contributed by atoms with Crippen LogP contribution in [0.2, 0.25) is 0 Å². The standard InChI is InChI=1S/C6H5O3/c1-8-6(7)5-2-3-9-4-5/h2,4H,1H3. The van der Waals surface area contributed by atoms with Crippen molar-refractivity contribution in [1.82, 2.24) is 0 Å². The molecule has 0 bridgehead atoms. The lowest BCUT2D eigenvalue weighted by atomic mass is 10.4. The molecule has 0 N–H and O–H groups in total. The van der Waals surface area contributed by atoms with E-state index < -0.39 is 5.97 Å². The molecule has 3 heteroatoms. The van der Waals surface area contributed by atoms with Crippen LogP contribution in [-0.2, 0) is 4.74 Å². The molecule has 0 fully saturated rings. The third kappa shape index (κ3) is 1.10. The van der Waals surface area contributed by atoms with Gasteiger partial charge in [-0.15, -0.1) is 0 Å². The lowest BCUT2D eigenvalue weighted by molar-refractivity contribution is 0.0600. The number of hydrogen-bond acceptors (Lipinski definition) is 3. The maximum Gasteiger partial charge on any atom is 0.341 e. The van der Waals surface area contributed by atoms with Crippen molar-refractivity contribution in [1.29, 1.82) is 0 Å². The van der Waals surface area contributed by atoms with E-state index in [0.29, 0.717) is 5.56 Å². The predicted octanol–water partition coefficient (Wildman–Crippen LogP) is 0.866. The summed E-state index contributed by atoms with van der Waals surface area (Å²) in [4.78, 5) is 10.6. The van der Waals surface area contributed by atoms with E-state index in [1.165, 1.54) is 19.4 Å². The predicted molar refractivity (Wildman–Crippen MR) is 28.9 cm³/mol. The van der Waals surface area contributed by atoms with E-state index in [9.17, 15) is 4.79 Å². The van der Waals surface area contributed by atoms with Crippen LogP contribution in [-0.4, -0.2) is 13.1 Å². The fraction of sp³-hybridized carbons (Fsp3) is 0.167. The summed E-state index contributed by atoms with van der Waals surface area (Å²) in [6, 6.07) is 1.42. The van der Waals surface area contributed by atoms with Crippen molar-refractivity contribution in [3.8, 4) is 0 Å². The Labute approximate surface area is 52.2 Å². The highest BCUT2D eigenvalue weighted by Gasteiger charge is 2.04. The molecular formula is C6H5O3. The zero-order valence-corrected chi connectivity index (χ0v) is 4.88. The second-order valence-corrected chi connectivity index (χ2v) is 1.44. The van der Waals surface area contributed by atoms with Gasteiger partial charge in [-0.25, -0.2) is 4.79 Å². The summed E-state index contributed by atoms with van der Waals surface area (Å²) < 4.78 is 8.89. The van der Waals surface area contributed by atoms with Crippen molar-refractivity contribution in [3.05, 3.63) is 24.2 Å². The molecule has 0 aliphatic carbocycles. The maximum absolute atomic E-state index is 10.6. The van der Waals surface area contributed by atoms with E-state index in [4.69, 9.17) is 0 Å². The summed E-state index contributed by atoms with van der Waals surface area (Å²) in [6.45, 7) is 0. The van der Waals surface area contributed by atoms with Crippen molar-refractivity contribution < 1.29 is 13.9 Å². The smallest absolute Gasteiger partial charge is 0.341 e. The molecule has 1 aromatic rings. The van der Waals surface area contributed by atoms with E-state index in [1.807, 2.05) is 0 Å². The van der Waals surface area contributed by atoms with Gasteiger partial charge in [0.05, 0.1) is 12.7 Å². The Hall–Kier alpha value is -1.25. The molecule has 1 rings (SSSR count). The quantitative estimate of drug-likeness (QED) is 0.522. The summed E-state index contributed by atoms with van der Waals surface area (Å²) in [5, 5.41) is 0. The molecule has 0 amide bonds. The van der Waals surface area contributed by atoms with Crippen molar-refractivity contribution in [3.63, 3.8) is 0 Å². The van der Waals surface area contributed by atoms with Crippen LogP contribution in [0, 0.1) is 6.26 Å². The van der Waals surface area contributed by atoms with E-state index in [0.717, 1.165) is 0 Å². The van der Waals surface area contributed by atoms with Gasteiger partial charge in [-0.3, -0.25) is 0 Å². The number of esters is 1. The fourth-order valence-corrected chi connectivity index (χ4v) is 0.454. The number of furan rings is 1. The Morgan fingerprint density at radius 3 is 3.11 bits per heavy atom. The van der Waals surface area contributed by atoms with Crippen LogP contribution in [0.15, 0.2) is 16.7 Å². The van der Waals surface area contributed by atoms with Crippen molar-refractivity contribution in [2.24, 2.45) is 0 Å². The Balaban J connectivity index is 2.77. The molecule has 1 radical (unpaired) electrons. The Morgan fingerprint density at radius 1 is 1.89 bits per heavy atom. The molecule has 9 heavy (non-hydrogen) atoms. The lowest BCUT2D eigenvalue weighted by Crippen LogP contribution is -1.97. The van der Waals surface area contributed by atoms with Crippen molar-refractivity contribution >= 4 is 5.97 Å². The molecule has 0 aliphatic rings. The molecule has 0 spiro atoms. The van der Waals surface area contributed by atoms with Gasteiger partial charge in [0.1, 0.15) is 6.26 Å². The molecule has 0 unspecified atom stereocenters. The van der Waals surface area contributed by atoms with Crippen LogP contribution in [0.4, 0.5) is 0 Å². The highest BCUT2D eigenvalue weighted by atomic mass is 16.5. The summed E-state index contributed by atoms with van der Waals surface area (Å²) >= 11 is 0. The third-order valence-corrected chi connectivity index (χ3v) is 0.889. The van der Waals surface area contributed by atoms with E-state index in [2.05, 4.69) is 15.4 Å². The highest BCUT2D eigenvalue weighted by Crippen LogP contribution is 1.99. The summed E-state index contributed by atoms with van der Waals surface area (Å²) in [6.07, 6.45) is 3.65. The molecule has 0 aliphatic heterocycles. The SMILES string of the molecule is COC(=O)c1c[c]oc1. The fourth-order valence-electron chi connectivity index (χ4n) is 0.454. The van der Waals surface area contributed by atoms with Gasteiger partial charge >= 0.3 is 5.97 Å². The molecule has 47 valence electrons. The first-order valence-electron chi connectivity index (χ1n) is 2.37. The Kier molecular flexibility index (Phi) is 1.53. The number of ether oxygens (including phenoxy) is 1. The molecular weight excluding hydrogens is 120 g/mol. The number of methoxy groups -OCH3 is 1. The molecule has 1 heterocycles. The van der Waals surface area contributed by atoms with Gasteiger partial charge in [0, 0.05) is 6.07 Å². The van der Waals surface area contributed by atoms with E-state index in [1.54, 1.807) is 0 Å². The van der Waals surface area contributed by atoms with Gasteiger partial charge in [0.2, 0.25) is 0 Å². The second-order valence-electron chi connectivity index (χ2n) is 1.44. The van der Waals surface area contributed by atoms with E-state index in [-0.39, 0.29) is 0 Å². The van der Waals surface area contributed by atoms with Crippen LogP contribution in [0.25, 0.3) is 0 Å². The minimum Gasteiger partial charge on any atom is -0.465 e. The van der Waals surface area contributed by atoms with Crippen LogP contribution in [0.5, 0.6) is 0 Å². The first kappa shape index (κ1) is 5.88. The monoisotopic (exact) mass is 125 g/mol. The van der Waals surface area contributed by atoms with E-state index >= 15 is 0 Å². The van der Waals surface area contributed by atoms with Gasteiger partial charge in [-0.1, -0.05) is 0 Å². The lowest BCUT2D eigenvalue weighted by Gasteiger charge is -1.89. The zero-order chi connectivity index (χ0) is 6.69. The van der Waals surface area contributed by atoms with Crippen molar-refractivity contribution in [2.45, 2.75) is 0 Å². The topological polar surface area (TPSA) is 39.4 Å². The van der Waals surface area contributed by atoms with Crippen LogP contribution < -0.4 is 0 Å². The summed E-state index contributed by atoms with van der Waals surface area (Å²) in [5.41, 5.74) is 0.387. The average molecular weight is 125 g/mol. The highest BCUT2D eigenvalue weighted by molar-refractivity contribution is 5.88. The Morgan fingerprint density at radius 2 is 2.67 bits per heavy atom. The number of rotatable bonds is 1. The number of carbonyl (C=O) groups is 1. The first-order chi connectivity index (χ1) is 4.34. The minimum absolute atomic E-state index is 0.387. The molecule has 0 saturated heterocycles. The third-order valence-electron chi connectivity index (χ3n) is 0.889. The second kappa shape index (κ2) is 2.35. The zero-order valence-electron chi connectivity index (χ0n) is 4.88. The molecule has 0 saturated carbocycles. The Bertz CT molecular complexity index is 188. The molecule has 0 aromatic carbocycles. The van der Waals surface area contributed by atoms with Crippen molar-refractivity contribution in [2.75, 3.05) is 7.11 Å². The number of carbonyl (C=O) groups excluding carboxylic acids is 1. The molecule has 3 nitrogen and oxygen atoms in total. The largest absolute Gasteiger partial charge is 0.465 e. The van der Waals surface area contributed by atoms with Crippen LogP contribution in [0.3, 0.4) is 0 Å². The molecule has 1 aromatic heterocycles. The van der Waals surface area contributed by atoms with Crippen LogP contribution >= 0.6 is 0 Å². The van der Waals surface area contributed by atoms with Gasteiger partial charge in [-0.05, 0) is 0 Å². The first-order valence-corrected chi connectivity index (χ1v) is 2.37. The van der Waals surface area contributed by atoms with Gasteiger partial charge in [0.25, 0.3) is 0 Å². The summed E-state index contributed by atoms with van der Waals surface area (Å²) in [7, 11) is 1.31. The van der Waals surface area contributed by atoms with Gasteiger partial charge in [-0.2, -0.15) is 0 Å². The average Bonchev–Trinajstić information content (AvgIpc) is 2.37. The molecule has 0 atom stereocenters. The minimum atomic E-state index is -0.403. The van der Waals surface area contributed by atoms with Crippen LogP contribution in [0.1, 0.15) is 10.4 Å². The normalized spacial score (nSPS) is 9.00. The van der Waals surface area contributed by atoms with Gasteiger partial charge < -0.3 is 9.15 Å².